The van der Waals surface area contributed by atoms with E-state index in [-0.39, 0.29) is 0 Å². The van der Waals surface area contributed by atoms with Crippen LogP contribution in [0, 0.1) is 6.92 Å². The van der Waals surface area contributed by atoms with E-state index in [9.17, 15) is 0 Å². The molecule has 82 valence electrons. The molecule has 0 bridgehead atoms. The summed E-state index contributed by atoms with van der Waals surface area (Å²) in [6.07, 6.45) is 1.99. The Hall–Kier alpha value is -1.55. The molecule has 0 amide bonds. The molecular formula is C12H13N3S. The van der Waals surface area contributed by atoms with Crippen molar-refractivity contribution in [3.63, 3.8) is 0 Å². The highest BCUT2D eigenvalue weighted by Crippen LogP contribution is 2.27. The fourth-order valence-corrected chi connectivity index (χ4v) is 2.18. The van der Waals surface area contributed by atoms with Crippen LogP contribution in [0.5, 0.6) is 0 Å². The maximum absolute atomic E-state index is 5.71. The molecule has 2 rings (SSSR count). The quantitative estimate of drug-likeness (QED) is 0.638. The number of hydrogen-bond acceptors (Lipinski definition) is 4. The van der Waals surface area contributed by atoms with Crippen molar-refractivity contribution in [1.29, 1.82) is 0 Å². The topological polar surface area (TPSA) is 51.8 Å². The summed E-state index contributed by atoms with van der Waals surface area (Å²) in [5.41, 5.74) is 8.77. The Balaban J connectivity index is 2.61. The number of nitrogen functional groups attached to an aromatic ring is 1. The third-order valence-electron chi connectivity index (χ3n) is 2.36. The van der Waals surface area contributed by atoms with Crippen LogP contribution in [-0.4, -0.2) is 16.2 Å². The Morgan fingerprint density at radius 2 is 1.81 bits per heavy atom. The summed E-state index contributed by atoms with van der Waals surface area (Å²) in [6, 6.07) is 10.0. The highest BCUT2D eigenvalue weighted by molar-refractivity contribution is 7.98. The second-order valence-corrected chi connectivity index (χ2v) is 4.23. The molecule has 2 aromatic rings. The highest BCUT2D eigenvalue weighted by Gasteiger charge is 2.10. The summed E-state index contributed by atoms with van der Waals surface area (Å²) >= 11 is 1.59. The number of aromatic nitrogens is 2. The van der Waals surface area contributed by atoms with E-state index < -0.39 is 0 Å². The third kappa shape index (κ3) is 2.02. The van der Waals surface area contributed by atoms with Crippen molar-refractivity contribution in [3.05, 3.63) is 35.9 Å². The van der Waals surface area contributed by atoms with Crippen LogP contribution in [0.25, 0.3) is 11.3 Å². The summed E-state index contributed by atoms with van der Waals surface area (Å²) in [6.45, 7) is 2.02. The summed E-state index contributed by atoms with van der Waals surface area (Å²) in [7, 11) is 0. The lowest BCUT2D eigenvalue weighted by Gasteiger charge is -2.09. The molecule has 16 heavy (non-hydrogen) atoms. The van der Waals surface area contributed by atoms with Crippen molar-refractivity contribution < 1.29 is 0 Å². The normalized spacial score (nSPS) is 10.4. The van der Waals surface area contributed by atoms with E-state index in [0.29, 0.717) is 5.95 Å². The van der Waals surface area contributed by atoms with Gasteiger partial charge in [-0.25, -0.2) is 9.97 Å². The Bertz CT molecular complexity index is 497. The molecule has 1 heterocycles. The van der Waals surface area contributed by atoms with Crippen LogP contribution in [0.4, 0.5) is 5.95 Å². The number of rotatable bonds is 2. The smallest absolute Gasteiger partial charge is 0.221 e. The van der Waals surface area contributed by atoms with Gasteiger partial charge in [0, 0.05) is 11.1 Å². The molecule has 0 saturated carbocycles. The van der Waals surface area contributed by atoms with Crippen LogP contribution in [-0.2, 0) is 0 Å². The second kappa shape index (κ2) is 4.53. The van der Waals surface area contributed by atoms with Crippen molar-refractivity contribution in [3.8, 4) is 11.3 Å². The van der Waals surface area contributed by atoms with E-state index in [0.717, 1.165) is 21.8 Å². The molecule has 0 atom stereocenters. The lowest BCUT2D eigenvalue weighted by Crippen LogP contribution is -2.01. The van der Waals surface area contributed by atoms with E-state index >= 15 is 0 Å². The lowest BCUT2D eigenvalue weighted by molar-refractivity contribution is 1.03. The SMILES string of the molecule is CSc1nc(N)nc(-c2ccccc2)c1C. The molecular weight excluding hydrogens is 218 g/mol. The molecule has 4 heteroatoms. The number of nitrogens with zero attached hydrogens (tertiary/aromatic N) is 2. The summed E-state index contributed by atoms with van der Waals surface area (Å²) in [4.78, 5) is 8.51. The fraction of sp³-hybridized carbons (Fsp3) is 0.167. The van der Waals surface area contributed by atoms with Crippen LogP contribution in [0.3, 0.4) is 0 Å². The maximum atomic E-state index is 5.71. The van der Waals surface area contributed by atoms with E-state index in [1.807, 2.05) is 43.5 Å². The highest BCUT2D eigenvalue weighted by atomic mass is 32.2. The zero-order valence-electron chi connectivity index (χ0n) is 9.27. The molecule has 0 spiro atoms. The zero-order valence-corrected chi connectivity index (χ0v) is 10.1. The zero-order chi connectivity index (χ0) is 11.5. The molecule has 1 aromatic heterocycles. The number of thioether (sulfide) groups is 1. The van der Waals surface area contributed by atoms with E-state index in [1.54, 1.807) is 11.8 Å². The molecule has 0 aliphatic heterocycles. The van der Waals surface area contributed by atoms with Gasteiger partial charge in [-0.1, -0.05) is 30.3 Å². The Morgan fingerprint density at radius 3 is 2.44 bits per heavy atom. The number of nitrogens with two attached hydrogens (primary N) is 1. The minimum Gasteiger partial charge on any atom is -0.368 e. The van der Waals surface area contributed by atoms with Crippen LogP contribution < -0.4 is 5.73 Å². The molecule has 0 fully saturated rings. The maximum Gasteiger partial charge on any atom is 0.221 e. The first-order chi connectivity index (χ1) is 7.72. The number of anilines is 1. The second-order valence-electron chi connectivity index (χ2n) is 3.43. The lowest BCUT2D eigenvalue weighted by atomic mass is 10.1. The van der Waals surface area contributed by atoms with Crippen molar-refractivity contribution >= 4 is 17.7 Å². The third-order valence-corrected chi connectivity index (χ3v) is 3.14. The van der Waals surface area contributed by atoms with E-state index in [2.05, 4.69) is 9.97 Å². The molecule has 0 saturated heterocycles. The van der Waals surface area contributed by atoms with Crippen LogP contribution in [0.2, 0.25) is 0 Å². The summed E-state index contributed by atoms with van der Waals surface area (Å²) < 4.78 is 0. The Labute approximate surface area is 99.1 Å². The number of benzene rings is 1. The van der Waals surface area contributed by atoms with Crippen molar-refractivity contribution in [2.75, 3.05) is 12.0 Å². The van der Waals surface area contributed by atoms with Gasteiger partial charge in [-0.3, -0.25) is 0 Å². The molecule has 2 N–H and O–H groups in total. The monoisotopic (exact) mass is 231 g/mol. The summed E-state index contributed by atoms with van der Waals surface area (Å²) in [5.74, 6) is 0.328. The van der Waals surface area contributed by atoms with Gasteiger partial charge in [-0.05, 0) is 13.2 Å². The predicted octanol–water partition coefficient (Wildman–Crippen LogP) is 2.76. The molecule has 0 aliphatic carbocycles. The van der Waals surface area contributed by atoms with Crippen molar-refractivity contribution in [1.82, 2.24) is 9.97 Å². The van der Waals surface area contributed by atoms with Crippen LogP contribution in [0.1, 0.15) is 5.56 Å². The molecule has 1 aromatic carbocycles. The van der Waals surface area contributed by atoms with Gasteiger partial charge in [0.1, 0.15) is 5.03 Å². The average molecular weight is 231 g/mol. The van der Waals surface area contributed by atoms with E-state index in [4.69, 9.17) is 5.73 Å². The summed E-state index contributed by atoms with van der Waals surface area (Å²) in [5, 5.41) is 0.936. The molecule has 0 radical (unpaired) electrons. The average Bonchev–Trinajstić information content (AvgIpc) is 2.33. The molecule has 3 nitrogen and oxygen atoms in total. The van der Waals surface area contributed by atoms with E-state index in [1.165, 1.54) is 0 Å². The van der Waals surface area contributed by atoms with Crippen LogP contribution >= 0.6 is 11.8 Å². The van der Waals surface area contributed by atoms with Gasteiger partial charge in [-0.15, -0.1) is 11.8 Å². The van der Waals surface area contributed by atoms with Crippen LogP contribution in [0.15, 0.2) is 35.4 Å². The Kier molecular flexibility index (Phi) is 3.10. The standard InChI is InChI=1S/C12H13N3S/c1-8-10(9-6-4-3-5-7-9)14-12(13)15-11(8)16-2/h3-7H,1-2H3,(H2,13,14,15). The fourth-order valence-electron chi connectivity index (χ4n) is 1.59. The van der Waals surface area contributed by atoms with Gasteiger partial charge >= 0.3 is 0 Å². The first-order valence-corrected chi connectivity index (χ1v) is 6.18. The minimum absolute atomic E-state index is 0.328. The van der Waals surface area contributed by atoms with Gasteiger partial charge < -0.3 is 5.73 Å². The van der Waals surface area contributed by atoms with Gasteiger partial charge in [0.15, 0.2) is 0 Å². The van der Waals surface area contributed by atoms with Gasteiger partial charge in [0.2, 0.25) is 5.95 Å². The minimum atomic E-state index is 0.328. The first-order valence-electron chi connectivity index (χ1n) is 4.96. The predicted molar refractivity (Wildman–Crippen MR) is 68.4 cm³/mol. The first kappa shape index (κ1) is 11.0. The molecule has 0 aliphatic rings. The van der Waals surface area contributed by atoms with Gasteiger partial charge in [-0.2, -0.15) is 0 Å². The molecule has 0 unspecified atom stereocenters. The largest absolute Gasteiger partial charge is 0.368 e. The van der Waals surface area contributed by atoms with Crippen molar-refractivity contribution in [2.24, 2.45) is 0 Å². The number of hydrogen-bond donors (Lipinski definition) is 1. The van der Waals surface area contributed by atoms with Crippen molar-refractivity contribution in [2.45, 2.75) is 11.9 Å². The van der Waals surface area contributed by atoms with Gasteiger partial charge in [0.25, 0.3) is 0 Å². The van der Waals surface area contributed by atoms with Gasteiger partial charge in [0.05, 0.1) is 5.69 Å². The Morgan fingerprint density at radius 1 is 1.12 bits per heavy atom.